The number of ether oxygens (including phenoxy) is 1. The summed E-state index contributed by atoms with van der Waals surface area (Å²) in [6.07, 6.45) is 0.737. The molecule has 7 heteroatoms. The number of aliphatic hydroxyl groups excluding tert-OH is 1. The fraction of sp³-hybridized carbons (Fsp3) is 0.417. The van der Waals surface area contributed by atoms with E-state index in [-0.39, 0.29) is 17.4 Å². The molecule has 6 nitrogen and oxygen atoms in total. The largest absolute Gasteiger partial charge is 0.389 e. The summed E-state index contributed by atoms with van der Waals surface area (Å²) in [5.74, 6) is 0.313. The number of rotatable bonds is 3. The molecule has 162 valence electrons. The highest BCUT2D eigenvalue weighted by Crippen LogP contribution is 2.33. The molecule has 3 heterocycles. The van der Waals surface area contributed by atoms with E-state index >= 15 is 0 Å². The van der Waals surface area contributed by atoms with Crippen LogP contribution < -0.4 is 10.5 Å². The number of anilines is 1. The van der Waals surface area contributed by atoms with Gasteiger partial charge in [-0.25, -0.2) is 9.37 Å². The molecule has 1 N–H and O–H groups in total. The van der Waals surface area contributed by atoms with Crippen LogP contribution in [0.15, 0.2) is 35.1 Å². The molecule has 1 atom stereocenters. The van der Waals surface area contributed by atoms with Crippen molar-refractivity contribution in [1.82, 2.24) is 9.55 Å². The quantitative estimate of drug-likeness (QED) is 0.695. The molecule has 0 saturated carbocycles. The SMILES string of the molecule is Cc1cc(C(C)O)c2nc(N3Cc4ccc(F)cc4C3)n(C3CCOCC3)c(=O)c2c1. The molecule has 3 aromatic rings. The third kappa shape index (κ3) is 3.51. The standard InChI is InChI=1S/C24H26FN3O3/c1-14-9-20(15(2)29)22-21(10-14)23(30)28(19-5-7-31-8-6-19)24(26-22)27-12-16-3-4-18(25)11-17(16)13-27/h3-4,9-11,15,19,29H,5-8,12-13H2,1-2H3. The van der Waals surface area contributed by atoms with Crippen molar-refractivity contribution < 1.29 is 14.2 Å². The van der Waals surface area contributed by atoms with Gasteiger partial charge in [-0.2, -0.15) is 0 Å². The van der Waals surface area contributed by atoms with Gasteiger partial charge in [0.2, 0.25) is 5.95 Å². The number of fused-ring (bicyclic) bond motifs is 2. The zero-order chi connectivity index (χ0) is 21.7. The topological polar surface area (TPSA) is 67.6 Å². The van der Waals surface area contributed by atoms with Crippen LogP contribution in [0.1, 0.15) is 54.2 Å². The third-order valence-corrected chi connectivity index (χ3v) is 6.34. The van der Waals surface area contributed by atoms with Crippen LogP contribution in [0.25, 0.3) is 10.9 Å². The molecule has 1 aromatic heterocycles. The molecule has 0 amide bonds. The molecule has 1 saturated heterocycles. The van der Waals surface area contributed by atoms with E-state index in [1.807, 2.05) is 24.0 Å². The van der Waals surface area contributed by atoms with E-state index in [1.54, 1.807) is 23.6 Å². The lowest BCUT2D eigenvalue weighted by Gasteiger charge is -2.30. The minimum Gasteiger partial charge on any atom is -0.389 e. The summed E-state index contributed by atoms with van der Waals surface area (Å²) in [4.78, 5) is 20.8. The minimum absolute atomic E-state index is 0.0101. The molecule has 0 aliphatic carbocycles. The molecule has 1 unspecified atom stereocenters. The highest BCUT2D eigenvalue weighted by atomic mass is 19.1. The Morgan fingerprint density at radius 3 is 2.65 bits per heavy atom. The van der Waals surface area contributed by atoms with Crippen LogP contribution >= 0.6 is 0 Å². The van der Waals surface area contributed by atoms with Crippen molar-refractivity contribution >= 4 is 16.9 Å². The maximum absolute atomic E-state index is 13.8. The monoisotopic (exact) mass is 423 g/mol. The first-order valence-corrected chi connectivity index (χ1v) is 10.8. The van der Waals surface area contributed by atoms with Crippen LogP contribution in [0.4, 0.5) is 10.3 Å². The molecule has 2 aliphatic rings. The smallest absolute Gasteiger partial charge is 0.263 e. The highest BCUT2D eigenvalue weighted by molar-refractivity contribution is 5.83. The normalized spacial score (nSPS) is 17.9. The van der Waals surface area contributed by atoms with E-state index in [0.717, 1.165) is 29.5 Å². The molecule has 1 fully saturated rings. The molecule has 5 rings (SSSR count). The van der Waals surface area contributed by atoms with Gasteiger partial charge in [0.15, 0.2) is 0 Å². The summed E-state index contributed by atoms with van der Waals surface area (Å²) in [6, 6.07) is 8.55. The molecule has 31 heavy (non-hydrogen) atoms. The molecule has 2 aromatic carbocycles. The first kappa shape index (κ1) is 20.2. The Morgan fingerprint density at radius 1 is 1.16 bits per heavy atom. The number of hydrogen-bond acceptors (Lipinski definition) is 5. The van der Waals surface area contributed by atoms with Crippen LogP contribution in [-0.4, -0.2) is 27.9 Å². The van der Waals surface area contributed by atoms with E-state index in [0.29, 0.717) is 48.7 Å². The number of nitrogens with zero attached hydrogens (tertiary/aromatic N) is 3. The first-order chi connectivity index (χ1) is 14.9. The summed E-state index contributed by atoms with van der Waals surface area (Å²) < 4.78 is 21.1. The van der Waals surface area contributed by atoms with Crippen molar-refractivity contribution in [3.63, 3.8) is 0 Å². The highest BCUT2D eigenvalue weighted by Gasteiger charge is 2.29. The predicted molar refractivity (Wildman–Crippen MR) is 117 cm³/mol. The fourth-order valence-corrected chi connectivity index (χ4v) is 4.79. The molecular formula is C24H26FN3O3. The van der Waals surface area contributed by atoms with Gasteiger partial charge >= 0.3 is 0 Å². The van der Waals surface area contributed by atoms with Crippen LogP contribution in [0.5, 0.6) is 0 Å². The van der Waals surface area contributed by atoms with Crippen molar-refractivity contribution in [2.24, 2.45) is 0 Å². The van der Waals surface area contributed by atoms with Crippen LogP contribution in [0.2, 0.25) is 0 Å². The van der Waals surface area contributed by atoms with Gasteiger partial charge in [0.25, 0.3) is 5.56 Å². The Labute approximate surface area is 179 Å². The Balaban J connectivity index is 1.73. The maximum Gasteiger partial charge on any atom is 0.263 e. The van der Waals surface area contributed by atoms with E-state index in [1.165, 1.54) is 6.07 Å². The van der Waals surface area contributed by atoms with Crippen molar-refractivity contribution in [3.05, 3.63) is 68.8 Å². The second-order valence-electron chi connectivity index (χ2n) is 8.63. The number of aryl methyl sites for hydroxylation is 1. The Hall–Kier alpha value is -2.77. The second-order valence-corrected chi connectivity index (χ2v) is 8.63. The van der Waals surface area contributed by atoms with Crippen molar-refractivity contribution in [1.29, 1.82) is 0 Å². The summed E-state index contributed by atoms with van der Waals surface area (Å²) in [5.41, 5.74) is 3.94. The summed E-state index contributed by atoms with van der Waals surface area (Å²) in [5, 5.41) is 10.9. The van der Waals surface area contributed by atoms with Crippen LogP contribution in [0, 0.1) is 12.7 Å². The average Bonchev–Trinajstić information content (AvgIpc) is 3.17. The van der Waals surface area contributed by atoms with Gasteiger partial charge in [0.05, 0.1) is 17.0 Å². The van der Waals surface area contributed by atoms with Gasteiger partial charge in [0, 0.05) is 37.9 Å². The van der Waals surface area contributed by atoms with Gasteiger partial charge < -0.3 is 14.7 Å². The van der Waals surface area contributed by atoms with Gasteiger partial charge in [-0.05, 0) is 61.6 Å². The molecule has 2 aliphatic heterocycles. The zero-order valence-corrected chi connectivity index (χ0v) is 17.8. The van der Waals surface area contributed by atoms with E-state index in [9.17, 15) is 14.3 Å². The number of halogens is 1. The summed E-state index contributed by atoms with van der Waals surface area (Å²) >= 11 is 0. The Kier molecular flexibility index (Phi) is 5.02. The van der Waals surface area contributed by atoms with Gasteiger partial charge in [-0.15, -0.1) is 0 Å². The fourth-order valence-electron chi connectivity index (χ4n) is 4.79. The van der Waals surface area contributed by atoms with Crippen molar-refractivity contribution in [2.45, 2.75) is 51.9 Å². The third-order valence-electron chi connectivity index (χ3n) is 6.34. The van der Waals surface area contributed by atoms with Crippen molar-refractivity contribution in [3.8, 4) is 0 Å². The molecular weight excluding hydrogens is 397 g/mol. The number of aliphatic hydroxyl groups is 1. The average molecular weight is 423 g/mol. The molecule has 0 spiro atoms. The zero-order valence-electron chi connectivity index (χ0n) is 17.8. The van der Waals surface area contributed by atoms with Gasteiger partial charge in [-0.3, -0.25) is 9.36 Å². The second kappa shape index (κ2) is 7.73. The molecule has 0 radical (unpaired) electrons. The summed E-state index contributed by atoms with van der Waals surface area (Å²) in [7, 11) is 0. The molecule has 0 bridgehead atoms. The number of benzene rings is 2. The van der Waals surface area contributed by atoms with E-state index in [2.05, 4.69) is 0 Å². The van der Waals surface area contributed by atoms with Gasteiger partial charge in [0.1, 0.15) is 5.82 Å². The van der Waals surface area contributed by atoms with Gasteiger partial charge in [-0.1, -0.05) is 12.1 Å². The van der Waals surface area contributed by atoms with Crippen molar-refractivity contribution in [2.75, 3.05) is 18.1 Å². The Morgan fingerprint density at radius 2 is 1.90 bits per heavy atom. The number of aromatic nitrogens is 2. The lowest BCUT2D eigenvalue weighted by Crippen LogP contribution is -2.35. The first-order valence-electron chi connectivity index (χ1n) is 10.8. The van der Waals surface area contributed by atoms with E-state index < -0.39 is 6.10 Å². The minimum atomic E-state index is -0.744. The van der Waals surface area contributed by atoms with Crippen LogP contribution in [0.3, 0.4) is 0 Å². The Bertz CT molecular complexity index is 1210. The summed E-state index contributed by atoms with van der Waals surface area (Å²) in [6.45, 7) is 5.87. The maximum atomic E-state index is 13.8. The lowest BCUT2D eigenvalue weighted by atomic mass is 10.0. The van der Waals surface area contributed by atoms with E-state index in [4.69, 9.17) is 9.72 Å². The number of hydrogen-bond donors (Lipinski definition) is 1. The van der Waals surface area contributed by atoms with Crippen LogP contribution in [-0.2, 0) is 17.8 Å². The lowest BCUT2D eigenvalue weighted by molar-refractivity contribution is 0.0688. The predicted octanol–water partition coefficient (Wildman–Crippen LogP) is 3.77.